The number of aryl methyl sites for hydroxylation is 2. The number of hydrogen-bond donors (Lipinski definition) is 1. The second-order valence-corrected chi connectivity index (χ2v) is 5.38. The van der Waals surface area contributed by atoms with E-state index in [-0.39, 0.29) is 6.10 Å². The minimum absolute atomic E-state index is 0.275. The third-order valence-electron chi connectivity index (χ3n) is 3.63. The van der Waals surface area contributed by atoms with E-state index in [1.807, 2.05) is 23.1 Å². The highest BCUT2D eigenvalue weighted by Gasteiger charge is 2.21. The Kier molecular flexibility index (Phi) is 4.02. The zero-order valence-corrected chi connectivity index (χ0v) is 11.9. The van der Waals surface area contributed by atoms with Gasteiger partial charge >= 0.3 is 0 Å². The van der Waals surface area contributed by atoms with Crippen LogP contribution >= 0.6 is 0 Å². The van der Waals surface area contributed by atoms with Crippen molar-refractivity contribution >= 4 is 0 Å². The average molecular weight is 271 g/mol. The van der Waals surface area contributed by atoms with Gasteiger partial charge in [-0.05, 0) is 37.6 Å². The SMILES string of the molecule is Cc1ccc2c(c1)CC(CNCCCn1cccn1)O2. The molecule has 1 N–H and O–H groups in total. The second-order valence-electron chi connectivity index (χ2n) is 5.38. The lowest BCUT2D eigenvalue weighted by Crippen LogP contribution is -2.31. The van der Waals surface area contributed by atoms with Crippen LogP contribution in [0.15, 0.2) is 36.7 Å². The fourth-order valence-corrected chi connectivity index (χ4v) is 2.62. The molecule has 0 saturated heterocycles. The fraction of sp³-hybridized carbons (Fsp3) is 0.438. The summed E-state index contributed by atoms with van der Waals surface area (Å²) in [4.78, 5) is 0. The second kappa shape index (κ2) is 6.09. The summed E-state index contributed by atoms with van der Waals surface area (Å²) in [5.74, 6) is 1.05. The fourth-order valence-electron chi connectivity index (χ4n) is 2.62. The van der Waals surface area contributed by atoms with Gasteiger partial charge in [-0.1, -0.05) is 17.7 Å². The Labute approximate surface area is 119 Å². The molecule has 1 unspecified atom stereocenters. The highest BCUT2D eigenvalue weighted by Crippen LogP contribution is 2.29. The smallest absolute Gasteiger partial charge is 0.123 e. The minimum atomic E-state index is 0.275. The number of fused-ring (bicyclic) bond motifs is 1. The number of aromatic nitrogens is 2. The molecular formula is C16H21N3O. The van der Waals surface area contributed by atoms with E-state index in [1.165, 1.54) is 11.1 Å². The van der Waals surface area contributed by atoms with Crippen molar-refractivity contribution in [3.05, 3.63) is 47.8 Å². The predicted octanol–water partition coefficient (Wildman–Crippen LogP) is 2.17. The van der Waals surface area contributed by atoms with Gasteiger partial charge < -0.3 is 10.1 Å². The first-order chi connectivity index (χ1) is 9.81. The highest BCUT2D eigenvalue weighted by atomic mass is 16.5. The van der Waals surface area contributed by atoms with Crippen LogP contribution in [-0.4, -0.2) is 29.0 Å². The highest BCUT2D eigenvalue weighted by molar-refractivity contribution is 5.40. The molecule has 0 amide bonds. The van der Waals surface area contributed by atoms with Crippen molar-refractivity contribution in [2.24, 2.45) is 0 Å². The van der Waals surface area contributed by atoms with Crippen molar-refractivity contribution in [3.63, 3.8) is 0 Å². The Balaban J connectivity index is 1.36. The van der Waals surface area contributed by atoms with Crippen LogP contribution in [0.4, 0.5) is 0 Å². The molecule has 0 fully saturated rings. The summed E-state index contributed by atoms with van der Waals surface area (Å²) >= 11 is 0. The molecule has 20 heavy (non-hydrogen) atoms. The van der Waals surface area contributed by atoms with Gasteiger partial charge in [0.15, 0.2) is 0 Å². The number of ether oxygens (including phenoxy) is 1. The summed E-state index contributed by atoms with van der Waals surface area (Å²) in [6.07, 6.45) is 6.19. The molecule has 4 nitrogen and oxygen atoms in total. The van der Waals surface area contributed by atoms with Crippen LogP contribution in [0, 0.1) is 6.92 Å². The summed E-state index contributed by atoms with van der Waals surface area (Å²) in [5.41, 5.74) is 2.65. The zero-order valence-electron chi connectivity index (χ0n) is 11.9. The first-order valence-electron chi connectivity index (χ1n) is 7.25. The van der Waals surface area contributed by atoms with Crippen LogP contribution in [0.1, 0.15) is 17.5 Å². The van der Waals surface area contributed by atoms with Crippen LogP contribution in [0.5, 0.6) is 5.75 Å². The van der Waals surface area contributed by atoms with E-state index in [2.05, 4.69) is 35.5 Å². The number of hydrogen-bond acceptors (Lipinski definition) is 3. The van der Waals surface area contributed by atoms with Crippen LogP contribution in [0.2, 0.25) is 0 Å². The van der Waals surface area contributed by atoms with Gasteiger partial charge in [-0.2, -0.15) is 5.10 Å². The van der Waals surface area contributed by atoms with Crippen molar-refractivity contribution in [2.45, 2.75) is 32.4 Å². The first-order valence-corrected chi connectivity index (χ1v) is 7.25. The lowest BCUT2D eigenvalue weighted by Gasteiger charge is -2.11. The van der Waals surface area contributed by atoms with Gasteiger partial charge in [0, 0.05) is 31.9 Å². The summed E-state index contributed by atoms with van der Waals surface area (Å²) in [5, 5.41) is 7.66. The lowest BCUT2D eigenvalue weighted by atomic mass is 10.1. The van der Waals surface area contributed by atoms with Crippen molar-refractivity contribution < 1.29 is 4.74 Å². The topological polar surface area (TPSA) is 39.1 Å². The van der Waals surface area contributed by atoms with Crippen molar-refractivity contribution in [2.75, 3.05) is 13.1 Å². The lowest BCUT2D eigenvalue weighted by molar-refractivity contribution is 0.227. The van der Waals surface area contributed by atoms with Crippen molar-refractivity contribution in [1.29, 1.82) is 0 Å². The summed E-state index contributed by atoms with van der Waals surface area (Å²) in [7, 11) is 0. The molecule has 1 aromatic heterocycles. The standard InChI is InChI=1S/C16H21N3O/c1-13-4-5-16-14(10-13)11-15(20-16)12-17-6-2-8-19-9-3-7-18-19/h3-5,7,9-10,15,17H,2,6,8,11-12H2,1H3. The van der Waals surface area contributed by atoms with Gasteiger partial charge in [-0.15, -0.1) is 0 Å². The largest absolute Gasteiger partial charge is 0.488 e. The zero-order chi connectivity index (χ0) is 13.8. The molecule has 0 radical (unpaired) electrons. The van der Waals surface area contributed by atoms with Gasteiger partial charge in [0.1, 0.15) is 11.9 Å². The molecular weight excluding hydrogens is 250 g/mol. The van der Waals surface area contributed by atoms with Gasteiger partial charge in [0.05, 0.1) is 0 Å². The van der Waals surface area contributed by atoms with Crippen LogP contribution in [0.25, 0.3) is 0 Å². The summed E-state index contributed by atoms with van der Waals surface area (Å²) in [6, 6.07) is 8.38. The Bertz CT molecular complexity index is 551. The molecule has 4 heteroatoms. The average Bonchev–Trinajstić information content (AvgIpc) is 3.06. The quantitative estimate of drug-likeness (QED) is 0.818. The van der Waals surface area contributed by atoms with E-state index < -0.39 is 0 Å². The molecule has 0 bridgehead atoms. The number of benzene rings is 1. The first kappa shape index (κ1) is 13.2. The minimum Gasteiger partial charge on any atom is -0.488 e. The Morgan fingerprint density at radius 1 is 1.45 bits per heavy atom. The number of nitrogens with zero attached hydrogens (tertiary/aromatic N) is 2. The van der Waals surface area contributed by atoms with E-state index in [9.17, 15) is 0 Å². The van der Waals surface area contributed by atoms with Crippen molar-refractivity contribution in [3.8, 4) is 5.75 Å². The molecule has 0 aliphatic carbocycles. The molecule has 1 aliphatic rings. The Hall–Kier alpha value is -1.81. The molecule has 2 heterocycles. The number of nitrogens with one attached hydrogen (secondary N) is 1. The van der Waals surface area contributed by atoms with Crippen LogP contribution in [0.3, 0.4) is 0 Å². The van der Waals surface area contributed by atoms with Crippen LogP contribution in [-0.2, 0) is 13.0 Å². The third-order valence-corrected chi connectivity index (χ3v) is 3.63. The van der Waals surface area contributed by atoms with Gasteiger partial charge in [-0.25, -0.2) is 0 Å². The summed E-state index contributed by atoms with van der Waals surface area (Å²) < 4.78 is 7.90. The Morgan fingerprint density at radius 2 is 2.40 bits per heavy atom. The van der Waals surface area contributed by atoms with E-state index in [0.717, 1.165) is 38.2 Å². The van der Waals surface area contributed by atoms with E-state index >= 15 is 0 Å². The number of rotatable bonds is 6. The normalized spacial score (nSPS) is 16.9. The maximum atomic E-state index is 5.93. The monoisotopic (exact) mass is 271 g/mol. The van der Waals surface area contributed by atoms with Crippen LogP contribution < -0.4 is 10.1 Å². The molecule has 0 spiro atoms. The molecule has 1 aromatic carbocycles. The van der Waals surface area contributed by atoms with Crippen molar-refractivity contribution in [1.82, 2.24) is 15.1 Å². The Morgan fingerprint density at radius 3 is 3.25 bits per heavy atom. The van der Waals surface area contributed by atoms with E-state index in [1.54, 1.807) is 0 Å². The predicted molar refractivity (Wildman–Crippen MR) is 79.0 cm³/mol. The van der Waals surface area contributed by atoms with Gasteiger partial charge in [0.25, 0.3) is 0 Å². The molecule has 3 rings (SSSR count). The molecule has 2 aromatic rings. The molecule has 0 saturated carbocycles. The molecule has 1 aliphatic heterocycles. The third kappa shape index (κ3) is 3.20. The maximum Gasteiger partial charge on any atom is 0.123 e. The van der Waals surface area contributed by atoms with Gasteiger partial charge in [0.2, 0.25) is 0 Å². The van der Waals surface area contributed by atoms with E-state index in [4.69, 9.17) is 4.74 Å². The van der Waals surface area contributed by atoms with Gasteiger partial charge in [-0.3, -0.25) is 4.68 Å². The molecule has 1 atom stereocenters. The van der Waals surface area contributed by atoms with E-state index in [0.29, 0.717) is 0 Å². The molecule has 106 valence electrons. The maximum absolute atomic E-state index is 5.93. The summed E-state index contributed by atoms with van der Waals surface area (Å²) in [6.45, 7) is 4.99.